The van der Waals surface area contributed by atoms with Crippen LogP contribution in [0.4, 0.5) is 0 Å². The maximum atomic E-state index is 13.1. The van der Waals surface area contributed by atoms with E-state index in [1.807, 2.05) is 12.1 Å². The number of fused-ring (bicyclic) bond motifs is 5. The molecule has 6 heterocycles. The average molecular weight is 565 g/mol. The van der Waals surface area contributed by atoms with Crippen LogP contribution in [-0.2, 0) is 0 Å². The summed E-state index contributed by atoms with van der Waals surface area (Å²) in [6.07, 6.45) is 24.2. The Morgan fingerprint density at radius 1 is 0.905 bits per heavy atom. The molecule has 8 rings (SSSR count). The second kappa shape index (κ2) is 10.4. The van der Waals surface area contributed by atoms with Gasteiger partial charge in [-0.15, -0.1) is 0 Å². The summed E-state index contributed by atoms with van der Waals surface area (Å²) in [5.41, 5.74) is 3.63. The van der Waals surface area contributed by atoms with Crippen LogP contribution in [0.5, 0.6) is 0 Å². The maximum Gasteiger partial charge on any atom is 0.109 e. The van der Waals surface area contributed by atoms with E-state index in [1.165, 1.54) is 30.4 Å². The molecule has 0 amide bonds. The lowest BCUT2D eigenvalue weighted by Crippen LogP contribution is -2.65. The van der Waals surface area contributed by atoms with Gasteiger partial charge in [0.1, 0.15) is 5.69 Å². The van der Waals surface area contributed by atoms with E-state index in [0.717, 1.165) is 91.7 Å². The van der Waals surface area contributed by atoms with E-state index in [-0.39, 0.29) is 17.4 Å². The van der Waals surface area contributed by atoms with Crippen molar-refractivity contribution < 1.29 is 10.3 Å². The highest BCUT2D eigenvalue weighted by molar-refractivity contribution is 6.00. The number of nitrogens with zero attached hydrogens (tertiary/aromatic N) is 4. The molecule has 7 aliphatic rings. The maximum absolute atomic E-state index is 13.1. The first-order chi connectivity index (χ1) is 20.6. The minimum atomic E-state index is -1.00. The smallest absolute Gasteiger partial charge is 0.109 e. The summed E-state index contributed by atoms with van der Waals surface area (Å²) in [5.74, 6) is 0.241. The Bertz CT molecular complexity index is 1540. The Labute approximate surface area is 249 Å². The van der Waals surface area contributed by atoms with Gasteiger partial charge in [-0.25, -0.2) is 4.98 Å². The lowest BCUT2D eigenvalue weighted by atomic mass is 9.54. The molecule has 42 heavy (non-hydrogen) atoms. The molecule has 1 aliphatic carbocycles. The van der Waals surface area contributed by atoms with Gasteiger partial charge in [-0.2, -0.15) is 4.73 Å². The van der Waals surface area contributed by atoms with Crippen LogP contribution >= 0.6 is 0 Å². The monoisotopic (exact) mass is 564 g/mol. The second-order valence-corrected chi connectivity index (χ2v) is 13.7. The first-order valence-electron chi connectivity index (χ1n) is 16.4. The zero-order valence-electron chi connectivity index (χ0n) is 24.7. The van der Waals surface area contributed by atoms with Gasteiger partial charge in [0, 0.05) is 35.1 Å². The third-order valence-electron chi connectivity index (χ3n) is 11.3. The molecule has 1 spiro atoms. The van der Waals surface area contributed by atoms with Crippen LogP contribution in [0.3, 0.4) is 0 Å². The van der Waals surface area contributed by atoms with Crippen molar-refractivity contribution in [3.8, 4) is 11.3 Å². The lowest BCUT2D eigenvalue weighted by molar-refractivity contribution is -0.0897. The Morgan fingerprint density at radius 3 is 2.67 bits per heavy atom. The molecule has 6 atom stereocenters. The van der Waals surface area contributed by atoms with Crippen molar-refractivity contribution >= 4 is 16.5 Å². The van der Waals surface area contributed by atoms with Crippen LogP contribution in [0.2, 0.25) is 0 Å². The summed E-state index contributed by atoms with van der Waals surface area (Å²) < 4.78 is 1.30. The number of hydrogen-bond acceptors (Lipinski definition) is 5. The predicted molar refractivity (Wildman–Crippen MR) is 168 cm³/mol. The Balaban J connectivity index is 1.35. The van der Waals surface area contributed by atoms with E-state index in [4.69, 9.17) is 4.98 Å². The van der Waals surface area contributed by atoms with Crippen molar-refractivity contribution in [1.29, 1.82) is 0 Å². The van der Waals surface area contributed by atoms with Crippen molar-refractivity contribution in [2.24, 2.45) is 11.3 Å². The Kier molecular flexibility index (Phi) is 6.58. The van der Waals surface area contributed by atoms with Crippen molar-refractivity contribution in [3.63, 3.8) is 0 Å². The van der Waals surface area contributed by atoms with Crippen LogP contribution in [0, 0.1) is 11.3 Å². The summed E-state index contributed by atoms with van der Waals surface area (Å²) in [6.45, 7) is 4.23. The first-order valence-corrected chi connectivity index (χ1v) is 16.4. The molecule has 2 N–H and O–H groups in total. The molecule has 3 unspecified atom stereocenters. The molecule has 6 heteroatoms. The third-order valence-corrected chi connectivity index (χ3v) is 11.3. The highest BCUT2D eigenvalue weighted by Crippen LogP contribution is 2.62. The number of aliphatic hydroxyl groups is 1. The number of rotatable bonds is 1. The van der Waals surface area contributed by atoms with Gasteiger partial charge in [0.15, 0.2) is 0 Å². The Hall–Kier alpha value is -2.93. The molecule has 2 saturated heterocycles. The number of piperidine rings is 1. The van der Waals surface area contributed by atoms with Crippen LogP contribution in [0.1, 0.15) is 69.9 Å². The van der Waals surface area contributed by atoms with E-state index in [9.17, 15) is 10.3 Å². The molecule has 0 aromatic heterocycles. The lowest BCUT2D eigenvalue weighted by Gasteiger charge is -2.58. The highest BCUT2D eigenvalue weighted by atomic mass is 16.5. The molecule has 1 aromatic carbocycles. The molecule has 6 aliphatic heterocycles. The van der Waals surface area contributed by atoms with Gasteiger partial charge < -0.3 is 15.2 Å². The van der Waals surface area contributed by atoms with Crippen molar-refractivity contribution in [2.75, 3.05) is 26.2 Å². The molecular formula is C36H44N4O2. The van der Waals surface area contributed by atoms with Crippen LogP contribution < -0.4 is 0 Å². The van der Waals surface area contributed by atoms with Crippen LogP contribution in [0.15, 0.2) is 66.9 Å². The number of allylic oxidation sites excluding steroid dienone is 4. The number of benzene rings is 1. The zero-order chi connectivity index (χ0) is 28.3. The quantitative estimate of drug-likeness (QED) is 0.260. The molecule has 6 nitrogen and oxygen atoms in total. The van der Waals surface area contributed by atoms with E-state index >= 15 is 0 Å². The minimum absolute atomic E-state index is 0.0569. The van der Waals surface area contributed by atoms with Gasteiger partial charge in [-0.1, -0.05) is 42.5 Å². The average Bonchev–Trinajstić information content (AvgIpc) is 3.49. The van der Waals surface area contributed by atoms with Gasteiger partial charge in [0.25, 0.3) is 0 Å². The summed E-state index contributed by atoms with van der Waals surface area (Å²) >= 11 is 0. The van der Waals surface area contributed by atoms with E-state index < -0.39 is 5.60 Å². The second-order valence-electron chi connectivity index (χ2n) is 13.7. The summed E-state index contributed by atoms with van der Waals surface area (Å²) in [6, 6.07) is 10.7. The summed E-state index contributed by atoms with van der Waals surface area (Å²) in [4.78, 5) is 10.5. The minimum Gasteiger partial charge on any atom is -0.428 e. The van der Waals surface area contributed by atoms with Crippen LogP contribution in [-0.4, -0.2) is 73.7 Å². The largest absolute Gasteiger partial charge is 0.428 e. The molecule has 0 saturated carbocycles. The summed E-state index contributed by atoms with van der Waals surface area (Å²) in [7, 11) is 0. The standard InChI is InChI=1S/C36H44N4O2/c41-36-18-10-4-1-2-5-11-19-38-21-17-30(35(25-38)23-26-13-7-3-6-12-20-39(26)34(35)36)29(24-36)33-32-28(16-22-40(33)42)27-14-8-9-15-31(27)37-32/h1,4,7-9,13-16,22,24,26,30,34,41-42H,2-3,5-6,10-12,17-21,23,25H2/b4-1-,13-7-/t26?,30?,34-,35+,36+/m1/s1. The van der Waals surface area contributed by atoms with E-state index in [0.29, 0.717) is 12.5 Å². The van der Waals surface area contributed by atoms with Crippen molar-refractivity contribution in [2.45, 2.75) is 81.9 Å². The van der Waals surface area contributed by atoms with Gasteiger partial charge >= 0.3 is 0 Å². The Morgan fingerprint density at radius 2 is 1.74 bits per heavy atom. The number of para-hydroxylation sites is 1. The SMILES string of the molecule is On1ccc2c3ccccc3nc-2c1C1=C[C@@]2(O)CC/C=C\CCCCN3CCC1[C@]1(CC4/C=C\CCCCN4[C@H]12)C3. The van der Waals surface area contributed by atoms with E-state index in [2.05, 4.69) is 58.4 Å². The fourth-order valence-electron chi connectivity index (χ4n) is 9.65. The molecule has 0 radical (unpaired) electrons. The van der Waals surface area contributed by atoms with Gasteiger partial charge in [0.2, 0.25) is 0 Å². The summed E-state index contributed by atoms with van der Waals surface area (Å²) in [5, 5.41) is 25.7. The van der Waals surface area contributed by atoms with Gasteiger partial charge in [-0.05, 0) is 114 Å². The third kappa shape index (κ3) is 4.13. The van der Waals surface area contributed by atoms with Crippen molar-refractivity contribution in [1.82, 2.24) is 19.5 Å². The fourth-order valence-corrected chi connectivity index (χ4v) is 9.65. The molecule has 1 aromatic rings. The zero-order valence-corrected chi connectivity index (χ0v) is 24.7. The molecule has 3 bridgehead atoms. The number of hydrogen-bond donors (Lipinski definition) is 2. The van der Waals surface area contributed by atoms with Crippen LogP contribution in [0.25, 0.3) is 27.7 Å². The van der Waals surface area contributed by atoms with Gasteiger partial charge in [-0.3, -0.25) is 4.90 Å². The first kappa shape index (κ1) is 26.7. The molecule has 2 fully saturated rings. The van der Waals surface area contributed by atoms with Crippen molar-refractivity contribution in [3.05, 3.63) is 72.6 Å². The molecular weight excluding hydrogens is 520 g/mol. The van der Waals surface area contributed by atoms with Gasteiger partial charge in [0.05, 0.1) is 22.9 Å². The normalized spacial score (nSPS) is 37.0. The topological polar surface area (TPSA) is 64.8 Å². The number of aromatic nitrogens is 2. The molecule has 220 valence electrons. The number of pyridine rings is 1. The van der Waals surface area contributed by atoms with E-state index in [1.54, 1.807) is 6.20 Å². The fraction of sp³-hybridized carbons (Fsp3) is 0.528. The highest BCUT2D eigenvalue weighted by Gasteiger charge is 2.65. The predicted octanol–water partition coefficient (Wildman–Crippen LogP) is 6.52.